The monoisotopic (exact) mass is 698 g/mol. The minimum absolute atomic E-state index is 0.00660. The van der Waals surface area contributed by atoms with E-state index >= 15 is 0 Å². The van der Waals surface area contributed by atoms with E-state index in [0.29, 0.717) is 0 Å². The summed E-state index contributed by atoms with van der Waals surface area (Å²) in [5, 5.41) is 101. The summed E-state index contributed by atoms with van der Waals surface area (Å²) in [5.41, 5.74) is -1.06. The highest BCUT2D eigenvalue weighted by molar-refractivity contribution is 5.88. The molecule has 3 aromatic rings. The van der Waals surface area contributed by atoms with E-state index in [-0.39, 0.29) is 53.6 Å². The molecule has 18 nitrogen and oxygen atoms in total. The number of benzene rings is 2. The topological polar surface area (TPSA) is 288 Å². The minimum atomic E-state index is -1.98. The molecule has 3 heterocycles. The molecule has 10 atom stereocenters. The number of rotatable bonds is 12. The lowest BCUT2D eigenvalue weighted by atomic mass is 9.98. The lowest BCUT2D eigenvalue weighted by molar-refractivity contribution is -0.318. The van der Waals surface area contributed by atoms with Crippen molar-refractivity contribution in [1.29, 1.82) is 0 Å². The van der Waals surface area contributed by atoms with E-state index in [2.05, 4.69) is 0 Å². The number of phenolic OH excluding ortho intramolecular Hbond substituents is 2. The molecule has 0 saturated carbocycles. The third kappa shape index (κ3) is 7.54. The average molecular weight is 699 g/mol. The Bertz CT molecular complexity index is 1640. The van der Waals surface area contributed by atoms with Crippen molar-refractivity contribution in [3.05, 3.63) is 40.6 Å². The molecule has 0 spiro atoms. The van der Waals surface area contributed by atoms with E-state index < -0.39 is 97.3 Å². The third-order valence-corrected chi connectivity index (χ3v) is 7.97. The molecule has 0 bridgehead atoms. The van der Waals surface area contributed by atoms with Crippen LogP contribution in [0.3, 0.4) is 0 Å². The van der Waals surface area contributed by atoms with Gasteiger partial charge < -0.3 is 83.9 Å². The molecular formula is C31H38O18. The van der Waals surface area contributed by atoms with Gasteiger partial charge in [-0.2, -0.15) is 0 Å². The van der Waals surface area contributed by atoms with E-state index in [9.17, 15) is 55.9 Å². The van der Waals surface area contributed by atoms with E-state index in [1.165, 1.54) is 25.1 Å². The van der Waals surface area contributed by atoms with Gasteiger partial charge in [0, 0.05) is 17.7 Å². The highest BCUT2D eigenvalue weighted by Crippen LogP contribution is 2.40. The fourth-order valence-corrected chi connectivity index (χ4v) is 5.33. The first-order valence-corrected chi connectivity index (χ1v) is 15.2. The molecule has 0 amide bonds. The Morgan fingerprint density at radius 2 is 1.43 bits per heavy atom. The first kappa shape index (κ1) is 36.5. The Morgan fingerprint density at radius 3 is 2.12 bits per heavy atom. The quantitative estimate of drug-likeness (QED) is 0.0886. The maximum absolute atomic E-state index is 14.2. The molecule has 0 unspecified atom stereocenters. The summed E-state index contributed by atoms with van der Waals surface area (Å²) in [6.45, 7) is -0.340. The van der Waals surface area contributed by atoms with Gasteiger partial charge in [-0.3, -0.25) is 4.79 Å². The van der Waals surface area contributed by atoms with Crippen LogP contribution in [0.1, 0.15) is 6.92 Å². The summed E-state index contributed by atoms with van der Waals surface area (Å²) in [6.07, 6.45) is -16.2. The largest absolute Gasteiger partial charge is 0.504 e. The fraction of sp³-hybridized carbons (Fsp3) is 0.516. The van der Waals surface area contributed by atoms with Crippen LogP contribution in [0, 0.1) is 0 Å². The van der Waals surface area contributed by atoms with E-state index in [1.54, 1.807) is 0 Å². The SMILES string of the molecule is C[C@@H]1O[C@@H](OC[C@H]2O[C@@H](Oc3c(-c4ccc(O)c(O)c4)oc4cc(OCCO)cc(OCCO)c4c3=O)[C@H](O)[C@@H](O)[C@@H]2O)[C@H](O)[C@H](O)[C@H]1O. The molecule has 270 valence electrons. The van der Waals surface area contributed by atoms with Gasteiger partial charge in [-0.1, -0.05) is 0 Å². The van der Waals surface area contributed by atoms with Gasteiger partial charge in [0.1, 0.15) is 78.4 Å². The standard InChI is InChI=1S/C31H38O18/c1-12-21(36)24(39)26(41)30(46-12)45-11-19-22(37)25(40)27(42)31(48-19)49-29-23(38)20-17(44-7-5-33)9-14(43-6-4-32)10-18(20)47-28(29)13-2-3-15(34)16(35)8-13/h2-3,8-10,12,19,21-22,24-27,30-37,39-42H,4-7,11H2,1H3/t12-,19+,21-,22+,24+,25-,26+,27+,30+,31-/m0/s1. The Kier molecular flexibility index (Phi) is 11.5. The number of aliphatic hydroxyl groups excluding tert-OH is 8. The zero-order chi connectivity index (χ0) is 35.6. The second-order valence-corrected chi connectivity index (χ2v) is 11.4. The van der Waals surface area contributed by atoms with Gasteiger partial charge in [-0.05, 0) is 25.1 Å². The zero-order valence-corrected chi connectivity index (χ0v) is 25.9. The normalized spacial score (nSPS) is 30.3. The van der Waals surface area contributed by atoms with Gasteiger partial charge >= 0.3 is 0 Å². The Balaban J connectivity index is 1.53. The Labute approximate surface area is 277 Å². The van der Waals surface area contributed by atoms with Crippen LogP contribution in [0.4, 0.5) is 0 Å². The molecule has 1 aromatic heterocycles. The Hall–Kier alpha value is -3.79. The van der Waals surface area contributed by atoms with Crippen LogP contribution in [0.25, 0.3) is 22.3 Å². The van der Waals surface area contributed by atoms with Crippen molar-refractivity contribution < 1.29 is 83.9 Å². The maximum atomic E-state index is 14.2. The van der Waals surface area contributed by atoms with Gasteiger partial charge in [0.15, 0.2) is 23.5 Å². The van der Waals surface area contributed by atoms with E-state index in [4.69, 9.17) is 32.8 Å². The van der Waals surface area contributed by atoms with Crippen LogP contribution in [-0.2, 0) is 14.2 Å². The molecule has 0 radical (unpaired) electrons. The fourth-order valence-electron chi connectivity index (χ4n) is 5.33. The molecule has 2 saturated heterocycles. The van der Waals surface area contributed by atoms with E-state index in [0.717, 1.165) is 12.1 Å². The number of aromatic hydroxyl groups is 2. The number of aliphatic hydroxyl groups is 8. The average Bonchev–Trinajstić information content (AvgIpc) is 3.08. The molecule has 0 aliphatic carbocycles. The molecule has 10 N–H and O–H groups in total. The second kappa shape index (κ2) is 15.4. The third-order valence-electron chi connectivity index (χ3n) is 7.97. The van der Waals surface area contributed by atoms with Crippen LogP contribution in [0.2, 0.25) is 0 Å². The smallest absolute Gasteiger partial charge is 0.239 e. The van der Waals surface area contributed by atoms with Crippen molar-refractivity contribution in [2.45, 2.75) is 68.3 Å². The zero-order valence-electron chi connectivity index (χ0n) is 25.9. The molecule has 2 aromatic carbocycles. The van der Waals surface area contributed by atoms with Crippen molar-refractivity contribution in [1.82, 2.24) is 0 Å². The summed E-state index contributed by atoms with van der Waals surface area (Å²) in [6, 6.07) is 6.04. The van der Waals surface area contributed by atoms with Gasteiger partial charge in [0.25, 0.3) is 0 Å². The molecule has 5 rings (SSSR count). The van der Waals surface area contributed by atoms with Crippen LogP contribution >= 0.6 is 0 Å². The van der Waals surface area contributed by atoms with Crippen molar-refractivity contribution >= 4 is 11.0 Å². The van der Waals surface area contributed by atoms with Crippen LogP contribution in [0.15, 0.2) is 39.5 Å². The summed E-state index contributed by atoms with van der Waals surface area (Å²) >= 11 is 0. The molecule has 2 fully saturated rings. The van der Waals surface area contributed by atoms with Crippen LogP contribution in [-0.4, -0.2) is 146 Å². The van der Waals surface area contributed by atoms with E-state index in [1.807, 2.05) is 0 Å². The maximum Gasteiger partial charge on any atom is 0.239 e. The van der Waals surface area contributed by atoms with Crippen LogP contribution in [0.5, 0.6) is 28.7 Å². The molecule has 2 aliphatic heterocycles. The number of hydrogen-bond acceptors (Lipinski definition) is 18. The lowest BCUT2D eigenvalue weighted by Crippen LogP contribution is -2.61. The first-order chi connectivity index (χ1) is 23.4. The van der Waals surface area contributed by atoms with Crippen molar-refractivity contribution in [3.63, 3.8) is 0 Å². The predicted molar refractivity (Wildman–Crippen MR) is 162 cm³/mol. The van der Waals surface area contributed by atoms with Gasteiger partial charge in [-0.25, -0.2) is 0 Å². The van der Waals surface area contributed by atoms with Crippen molar-refractivity contribution in [2.75, 3.05) is 33.0 Å². The van der Waals surface area contributed by atoms with Crippen molar-refractivity contribution in [2.24, 2.45) is 0 Å². The van der Waals surface area contributed by atoms with Crippen molar-refractivity contribution in [3.8, 4) is 40.1 Å². The van der Waals surface area contributed by atoms with Gasteiger partial charge in [0.2, 0.25) is 17.5 Å². The highest BCUT2D eigenvalue weighted by Gasteiger charge is 2.48. The molecular weight excluding hydrogens is 660 g/mol. The number of ether oxygens (including phenoxy) is 6. The summed E-state index contributed by atoms with van der Waals surface area (Å²) in [4.78, 5) is 14.2. The highest BCUT2D eigenvalue weighted by atomic mass is 16.7. The first-order valence-electron chi connectivity index (χ1n) is 15.2. The summed E-state index contributed by atoms with van der Waals surface area (Å²) in [5.74, 6) is -2.10. The Morgan fingerprint density at radius 1 is 0.755 bits per heavy atom. The molecule has 49 heavy (non-hydrogen) atoms. The lowest BCUT2D eigenvalue weighted by Gasteiger charge is -2.42. The van der Waals surface area contributed by atoms with Gasteiger partial charge in [-0.15, -0.1) is 0 Å². The molecule has 18 heteroatoms. The number of fused-ring (bicyclic) bond motifs is 1. The molecule has 2 aliphatic rings. The van der Waals surface area contributed by atoms with Gasteiger partial charge in [0.05, 0.1) is 25.9 Å². The minimum Gasteiger partial charge on any atom is -0.504 e. The number of hydrogen-bond donors (Lipinski definition) is 10. The summed E-state index contributed by atoms with van der Waals surface area (Å²) in [7, 11) is 0. The number of phenols is 2. The second-order valence-electron chi connectivity index (χ2n) is 11.4. The predicted octanol–water partition coefficient (Wildman–Crippen LogP) is -2.36. The summed E-state index contributed by atoms with van der Waals surface area (Å²) < 4.78 is 39.5. The van der Waals surface area contributed by atoms with Crippen LogP contribution < -0.4 is 19.6 Å².